The molecule has 2 aromatic carbocycles. The predicted octanol–water partition coefficient (Wildman–Crippen LogP) is 3.04. The largest absolute Gasteiger partial charge is 0.489 e. The number of ether oxygens (including phenoxy) is 1. The number of hydrogen-bond donors (Lipinski definition) is 2. The van der Waals surface area contributed by atoms with Crippen molar-refractivity contribution in [3.8, 4) is 5.75 Å². The highest BCUT2D eigenvalue weighted by molar-refractivity contribution is 5.29. The molecule has 2 rings (SSSR count). The summed E-state index contributed by atoms with van der Waals surface area (Å²) >= 11 is 0. The topological polar surface area (TPSA) is 55.5 Å². The lowest BCUT2D eigenvalue weighted by Crippen LogP contribution is -2.18. The van der Waals surface area contributed by atoms with E-state index in [4.69, 9.17) is 10.5 Å². The van der Waals surface area contributed by atoms with Gasteiger partial charge in [0.25, 0.3) is 0 Å². The lowest BCUT2D eigenvalue weighted by atomic mass is 10.0. The molecule has 3 N–H and O–H groups in total. The third-order valence-electron chi connectivity index (χ3n) is 3.11. The molecule has 0 amide bonds. The van der Waals surface area contributed by atoms with Gasteiger partial charge in [-0.15, -0.1) is 0 Å². The summed E-state index contributed by atoms with van der Waals surface area (Å²) in [4.78, 5) is 0. The van der Waals surface area contributed by atoms with Gasteiger partial charge in [-0.2, -0.15) is 0 Å². The van der Waals surface area contributed by atoms with Crippen LogP contribution in [0.15, 0.2) is 54.6 Å². The minimum Gasteiger partial charge on any atom is -0.489 e. The zero-order valence-electron chi connectivity index (χ0n) is 11.7. The summed E-state index contributed by atoms with van der Waals surface area (Å²) in [6.07, 6.45) is 0.0442. The predicted molar refractivity (Wildman–Crippen MR) is 80.4 cm³/mol. The highest BCUT2D eigenvalue weighted by Crippen LogP contribution is 2.21. The third-order valence-corrected chi connectivity index (χ3v) is 3.11. The lowest BCUT2D eigenvalue weighted by Gasteiger charge is -2.14. The normalized spacial score (nSPS) is 13.8. The number of aliphatic hydroxyl groups is 1. The zero-order chi connectivity index (χ0) is 14.4. The monoisotopic (exact) mass is 271 g/mol. The van der Waals surface area contributed by atoms with Crippen molar-refractivity contribution in [2.45, 2.75) is 32.1 Å². The van der Waals surface area contributed by atoms with Gasteiger partial charge in [-0.05, 0) is 36.6 Å². The summed E-state index contributed by atoms with van der Waals surface area (Å²) in [7, 11) is 0. The van der Waals surface area contributed by atoms with Crippen LogP contribution in [0.3, 0.4) is 0 Å². The highest BCUT2D eigenvalue weighted by Gasteiger charge is 2.09. The Hall–Kier alpha value is -1.84. The zero-order valence-corrected chi connectivity index (χ0v) is 11.7. The van der Waals surface area contributed by atoms with Crippen molar-refractivity contribution in [2.24, 2.45) is 5.73 Å². The first-order valence-corrected chi connectivity index (χ1v) is 6.85. The van der Waals surface area contributed by atoms with E-state index in [0.29, 0.717) is 13.0 Å². The first kappa shape index (κ1) is 14.6. The van der Waals surface area contributed by atoms with E-state index in [1.165, 1.54) is 0 Å². The molecule has 2 unspecified atom stereocenters. The van der Waals surface area contributed by atoms with Gasteiger partial charge in [0.15, 0.2) is 0 Å². The Kier molecular flexibility index (Phi) is 5.16. The van der Waals surface area contributed by atoms with E-state index in [-0.39, 0.29) is 6.04 Å². The van der Waals surface area contributed by atoms with Gasteiger partial charge in [0.1, 0.15) is 12.4 Å². The molecular formula is C17H21NO2. The van der Waals surface area contributed by atoms with Crippen molar-refractivity contribution in [1.82, 2.24) is 0 Å². The molecule has 3 nitrogen and oxygen atoms in total. The SMILES string of the molecule is CC(N)CC(O)c1ccc(OCc2ccccc2)cc1. The van der Waals surface area contributed by atoms with E-state index < -0.39 is 6.10 Å². The van der Waals surface area contributed by atoms with E-state index >= 15 is 0 Å². The van der Waals surface area contributed by atoms with Crippen LogP contribution in [0.25, 0.3) is 0 Å². The Morgan fingerprint density at radius 2 is 1.70 bits per heavy atom. The van der Waals surface area contributed by atoms with Crippen LogP contribution < -0.4 is 10.5 Å². The second-order valence-corrected chi connectivity index (χ2v) is 5.07. The lowest BCUT2D eigenvalue weighted by molar-refractivity contribution is 0.160. The number of rotatable bonds is 6. The Bertz CT molecular complexity index is 508. The number of nitrogens with two attached hydrogens (primary N) is 1. The molecule has 3 heteroatoms. The number of hydrogen-bond acceptors (Lipinski definition) is 3. The van der Waals surface area contributed by atoms with Gasteiger partial charge in [0.2, 0.25) is 0 Å². The van der Waals surface area contributed by atoms with Crippen LogP contribution in [0.5, 0.6) is 5.75 Å². The summed E-state index contributed by atoms with van der Waals surface area (Å²) in [5.41, 5.74) is 7.69. The molecule has 0 aliphatic carbocycles. The highest BCUT2D eigenvalue weighted by atomic mass is 16.5. The maximum Gasteiger partial charge on any atom is 0.119 e. The molecular weight excluding hydrogens is 250 g/mol. The number of aliphatic hydroxyl groups excluding tert-OH is 1. The van der Waals surface area contributed by atoms with E-state index in [9.17, 15) is 5.11 Å². The fraction of sp³-hybridized carbons (Fsp3) is 0.294. The summed E-state index contributed by atoms with van der Waals surface area (Å²) in [6.45, 7) is 2.43. The first-order valence-electron chi connectivity index (χ1n) is 6.85. The third kappa shape index (κ3) is 4.37. The average molecular weight is 271 g/mol. The summed E-state index contributed by atoms with van der Waals surface area (Å²) in [5, 5.41) is 9.97. The Morgan fingerprint density at radius 1 is 1.05 bits per heavy atom. The molecule has 0 aliphatic rings. The molecule has 2 aromatic rings. The summed E-state index contributed by atoms with van der Waals surface area (Å²) < 4.78 is 5.70. The van der Waals surface area contributed by atoms with Crippen LogP contribution in [0, 0.1) is 0 Å². The van der Waals surface area contributed by atoms with Crippen LogP contribution in [0.1, 0.15) is 30.6 Å². The van der Waals surface area contributed by atoms with Gasteiger partial charge < -0.3 is 15.6 Å². The molecule has 0 aliphatic heterocycles. The van der Waals surface area contributed by atoms with Crippen molar-refractivity contribution in [3.63, 3.8) is 0 Å². The van der Waals surface area contributed by atoms with E-state index in [1.807, 2.05) is 61.5 Å². The molecule has 0 saturated heterocycles. The second-order valence-electron chi connectivity index (χ2n) is 5.07. The van der Waals surface area contributed by atoms with Crippen LogP contribution in [0.4, 0.5) is 0 Å². The van der Waals surface area contributed by atoms with Crippen LogP contribution >= 0.6 is 0 Å². The van der Waals surface area contributed by atoms with E-state index in [1.54, 1.807) is 0 Å². The van der Waals surface area contributed by atoms with Crippen molar-refractivity contribution in [2.75, 3.05) is 0 Å². The molecule has 0 spiro atoms. The summed E-state index contributed by atoms with van der Waals surface area (Å²) in [6, 6.07) is 17.5. The molecule has 0 heterocycles. The van der Waals surface area contributed by atoms with Crippen molar-refractivity contribution < 1.29 is 9.84 Å². The van der Waals surface area contributed by atoms with Crippen LogP contribution in [-0.4, -0.2) is 11.1 Å². The van der Waals surface area contributed by atoms with Gasteiger partial charge in [0, 0.05) is 6.04 Å². The molecule has 106 valence electrons. The Balaban J connectivity index is 1.91. The van der Waals surface area contributed by atoms with Crippen molar-refractivity contribution in [3.05, 3.63) is 65.7 Å². The standard InChI is InChI=1S/C17H21NO2/c1-13(18)11-17(19)15-7-9-16(10-8-15)20-12-14-5-3-2-4-6-14/h2-10,13,17,19H,11-12,18H2,1H3. The van der Waals surface area contributed by atoms with Crippen molar-refractivity contribution in [1.29, 1.82) is 0 Å². The molecule has 20 heavy (non-hydrogen) atoms. The first-order chi connectivity index (χ1) is 9.65. The van der Waals surface area contributed by atoms with Gasteiger partial charge in [-0.1, -0.05) is 42.5 Å². The van der Waals surface area contributed by atoms with Gasteiger partial charge >= 0.3 is 0 Å². The Labute approximate surface area is 120 Å². The molecule has 2 atom stereocenters. The number of benzene rings is 2. The molecule has 0 saturated carbocycles. The van der Waals surface area contributed by atoms with Gasteiger partial charge in [-0.3, -0.25) is 0 Å². The van der Waals surface area contributed by atoms with Gasteiger partial charge in [-0.25, -0.2) is 0 Å². The van der Waals surface area contributed by atoms with Crippen molar-refractivity contribution >= 4 is 0 Å². The fourth-order valence-electron chi connectivity index (χ4n) is 2.02. The van der Waals surface area contributed by atoms with E-state index in [2.05, 4.69) is 0 Å². The van der Waals surface area contributed by atoms with Crippen LogP contribution in [0.2, 0.25) is 0 Å². The molecule has 0 fully saturated rings. The maximum absolute atomic E-state index is 9.97. The second kappa shape index (κ2) is 7.08. The quantitative estimate of drug-likeness (QED) is 0.849. The van der Waals surface area contributed by atoms with Crippen LogP contribution in [-0.2, 0) is 6.61 Å². The smallest absolute Gasteiger partial charge is 0.119 e. The molecule has 0 aromatic heterocycles. The minimum absolute atomic E-state index is 0.0148. The summed E-state index contributed by atoms with van der Waals surface area (Å²) in [5.74, 6) is 0.797. The molecule has 0 radical (unpaired) electrons. The average Bonchev–Trinajstić information content (AvgIpc) is 2.46. The fourth-order valence-corrected chi connectivity index (χ4v) is 2.02. The Morgan fingerprint density at radius 3 is 2.30 bits per heavy atom. The maximum atomic E-state index is 9.97. The van der Waals surface area contributed by atoms with Gasteiger partial charge in [0.05, 0.1) is 6.10 Å². The molecule has 0 bridgehead atoms. The minimum atomic E-state index is -0.516. The van der Waals surface area contributed by atoms with E-state index in [0.717, 1.165) is 16.9 Å².